The molecular weight excluding hydrogens is 371 g/mol. The number of nitrogens with zero attached hydrogens (tertiary/aromatic N) is 2. The second kappa shape index (κ2) is 9.23. The Kier molecular flexibility index (Phi) is 7.27. The van der Waals surface area contributed by atoms with Gasteiger partial charge in [0.05, 0.1) is 6.20 Å². The number of aromatic nitrogens is 2. The molecule has 0 aliphatic carbocycles. The fraction of sp³-hybridized carbons (Fsp3) is 0.500. The predicted octanol–water partition coefficient (Wildman–Crippen LogP) is 5.91. The Hall–Kier alpha value is -0.840. The Bertz CT molecular complexity index is 534. The van der Waals surface area contributed by atoms with E-state index in [-0.39, 0.29) is 0 Å². The predicted molar refractivity (Wildman–Crippen MR) is 98.4 cm³/mol. The molecule has 1 aromatic carbocycles. The number of aryl methyl sites for hydroxylation is 1. The zero-order chi connectivity index (χ0) is 14.9. The van der Waals surface area contributed by atoms with Gasteiger partial charge in [-0.15, -0.1) is 0 Å². The Balaban J connectivity index is 1.73. The van der Waals surface area contributed by atoms with E-state index in [1.54, 1.807) is 0 Å². The largest absolute Gasteiger partial charge is 0.272 e. The molecule has 0 atom stereocenters. The molecule has 0 aliphatic rings. The van der Waals surface area contributed by atoms with Crippen LogP contribution in [-0.2, 0) is 6.54 Å². The maximum atomic E-state index is 4.48. The molecule has 0 saturated heterocycles. The van der Waals surface area contributed by atoms with Crippen LogP contribution in [0, 0.1) is 3.57 Å². The van der Waals surface area contributed by atoms with Gasteiger partial charge in [-0.25, -0.2) is 0 Å². The van der Waals surface area contributed by atoms with Gasteiger partial charge in [0.1, 0.15) is 0 Å². The topological polar surface area (TPSA) is 17.8 Å². The minimum atomic E-state index is 1.04. The minimum absolute atomic E-state index is 1.04. The molecule has 3 heteroatoms. The van der Waals surface area contributed by atoms with E-state index in [1.165, 1.54) is 59.6 Å². The van der Waals surface area contributed by atoms with Crippen LogP contribution in [0.2, 0.25) is 0 Å². The second-order valence-electron chi connectivity index (χ2n) is 5.62. The van der Waals surface area contributed by atoms with E-state index in [2.05, 4.69) is 69.8 Å². The quantitative estimate of drug-likeness (QED) is 0.381. The average Bonchev–Trinajstić information content (AvgIpc) is 2.95. The van der Waals surface area contributed by atoms with Crippen LogP contribution in [0.4, 0.5) is 0 Å². The highest BCUT2D eigenvalue weighted by atomic mass is 127. The third-order valence-electron chi connectivity index (χ3n) is 3.78. The summed E-state index contributed by atoms with van der Waals surface area (Å²) in [5.74, 6) is 0. The Morgan fingerprint density at radius 2 is 1.76 bits per heavy atom. The summed E-state index contributed by atoms with van der Waals surface area (Å²) in [5.41, 5.74) is 2.48. The molecule has 1 aromatic heterocycles. The van der Waals surface area contributed by atoms with E-state index in [0.717, 1.165) is 6.54 Å². The summed E-state index contributed by atoms with van der Waals surface area (Å²) in [6.45, 7) is 3.31. The molecule has 2 rings (SSSR count). The standard InChI is InChI=1S/C18H25IN2/c1-2-3-4-5-6-7-8-12-21-15-17(14-20-21)16-10-9-11-18(19)13-16/h9-11,13-15H,2-8,12H2,1H3. The number of halogens is 1. The van der Waals surface area contributed by atoms with Gasteiger partial charge >= 0.3 is 0 Å². The lowest BCUT2D eigenvalue weighted by atomic mass is 10.1. The monoisotopic (exact) mass is 396 g/mol. The van der Waals surface area contributed by atoms with Crippen LogP contribution in [0.15, 0.2) is 36.7 Å². The third kappa shape index (κ3) is 5.81. The molecular formula is C18H25IN2. The number of rotatable bonds is 9. The van der Waals surface area contributed by atoms with Gasteiger partial charge in [-0.3, -0.25) is 4.68 Å². The average molecular weight is 396 g/mol. The Morgan fingerprint density at radius 1 is 1.00 bits per heavy atom. The first-order valence-electron chi connectivity index (χ1n) is 8.08. The molecule has 114 valence electrons. The highest BCUT2D eigenvalue weighted by Crippen LogP contribution is 2.20. The van der Waals surface area contributed by atoms with Gasteiger partial charge in [0.15, 0.2) is 0 Å². The van der Waals surface area contributed by atoms with Crippen LogP contribution >= 0.6 is 22.6 Å². The summed E-state index contributed by atoms with van der Waals surface area (Å²) in [6.07, 6.45) is 13.6. The summed E-state index contributed by atoms with van der Waals surface area (Å²) in [6, 6.07) is 8.57. The van der Waals surface area contributed by atoms with Gasteiger partial charge in [0.25, 0.3) is 0 Å². The zero-order valence-corrected chi connectivity index (χ0v) is 15.1. The van der Waals surface area contributed by atoms with Gasteiger partial charge in [0, 0.05) is 21.9 Å². The fourth-order valence-corrected chi connectivity index (χ4v) is 3.08. The molecule has 0 amide bonds. The van der Waals surface area contributed by atoms with Crippen LogP contribution in [0.1, 0.15) is 51.9 Å². The smallest absolute Gasteiger partial charge is 0.0568 e. The fourth-order valence-electron chi connectivity index (χ4n) is 2.53. The maximum Gasteiger partial charge on any atom is 0.0568 e. The molecule has 0 spiro atoms. The zero-order valence-electron chi connectivity index (χ0n) is 12.9. The van der Waals surface area contributed by atoms with Crippen molar-refractivity contribution in [3.8, 4) is 11.1 Å². The van der Waals surface area contributed by atoms with Crippen molar-refractivity contribution in [2.24, 2.45) is 0 Å². The van der Waals surface area contributed by atoms with E-state index in [9.17, 15) is 0 Å². The van der Waals surface area contributed by atoms with Gasteiger partial charge < -0.3 is 0 Å². The van der Waals surface area contributed by atoms with Crippen molar-refractivity contribution in [2.75, 3.05) is 0 Å². The van der Waals surface area contributed by atoms with E-state index in [1.807, 2.05) is 6.20 Å². The van der Waals surface area contributed by atoms with E-state index in [0.29, 0.717) is 0 Å². The van der Waals surface area contributed by atoms with Crippen LogP contribution < -0.4 is 0 Å². The summed E-state index contributed by atoms with van der Waals surface area (Å²) < 4.78 is 3.35. The molecule has 0 N–H and O–H groups in total. The number of hydrogen-bond acceptors (Lipinski definition) is 1. The van der Waals surface area contributed by atoms with E-state index in [4.69, 9.17) is 0 Å². The lowest BCUT2D eigenvalue weighted by Crippen LogP contribution is -1.97. The van der Waals surface area contributed by atoms with Crippen molar-refractivity contribution in [3.63, 3.8) is 0 Å². The van der Waals surface area contributed by atoms with Crippen LogP contribution in [-0.4, -0.2) is 9.78 Å². The van der Waals surface area contributed by atoms with E-state index < -0.39 is 0 Å². The molecule has 0 bridgehead atoms. The van der Waals surface area contributed by atoms with Crippen LogP contribution in [0.25, 0.3) is 11.1 Å². The lowest BCUT2D eigenvalue weighted by molar-refractivity contribution is 0.523. The number of benzene rings is 1. The summed E-state index contributed by atoms with van der Waals surface area (Å²) in [5, 5.41) is 4.48. The molecule has 2 aromatic rings. The van der Waals surface area contributed by atoms with Crippen LogP contribution in [0.3, 0.4) is 0 Å². The SMILES string of the molecule is CCCCCCCCCn1cc(-c2cccc(I)c2)cn1. The van der Waals surface area contributed by atoms with Crippen molar-refractivity contribution in [3.05, 3.63) is 40.2 Å². The summed E-state index contributed by atoms with van der Waals surface area (Å²) >= 11 is 2.35. The van der Waals surface area contributed by atoms with Gasteiger partial charge in [0.2, 0.25) is 0 Å². The molecule has 0 saturated carbocycles. The van der Waals surface area contributed by atoms with Crippen molar-refractivity contribution in [1.29, 1.82) is 0 Å². The van der Waals surface area contributed by atoms with Crippen LogP contribution in [0.5, 0.6) is 0 Å². The van der Waals surface area contributed by atoms with E-state index >= 15 is 0 Å². The third-order valence-corrected chi connectivity index (χ3v) is 4.45. The van der Waals surface area contributed by atoms with Crippen molar-refractivity contribution < 1.29 is 0 Å². The first-order chi connectivity index (χ1) is 10.3. The highest BCUT2D eigenvalue weighted by Gasteiger charge is 2.02. The maximum absolute atomic E-state index is 4.48. The molecule has 0 aliphatic heterocycles. The van der Waals surface area contributed by atoms with Gasteiger partial charge in [-0.1, -0.05) is 57.6 Å². The number of unbranched alkanes of at least 4 members (excludes halogenated alkanes) is 6. The minimum Gasteiger partial charge on any atom is -0.272 e. The molecule has 0 radical (unpaired) electrons. The second-order valence-corrected chi connectivity index (χ2v) is 6.87. The first-order valence-corrected chi connectivity index (χ1v) is 9.16. The Morgan fingerprint density at radius 3 is 2.52 bits per heavy atom. The summed E-state index contributed by atoms with van der Waals surface area (Å²) in [4.78, 5) is 0. The van der Waals surface area contributed by atoms with Gasteiger partial charge in [-0.05, 0) is 46.7 Å². The molecule has 21 heavy (non-hydrogen) atoms. The van der Waals surface area contributed by atoms with Crippen molar-refractivity contribution in [1.82, 2.24) is 9.78 Å². The lowest BCUT2D eigenvalue weighted by Gasteiger charge is -2.02. The number of hydrogen-bond donors (Lipinski definition) is 0. The highest BCUT2D eigenvalue weighted by molar-refractivity contribution is 14.1. The molecule has 0 fully saturated rings. The molecule has 1 heterocycles. The summed E-state index contributed by atoms with van der Waals surface area (Å²) in [7, 11) is 0. The molecule has 2 nitrogen and oxygen atoms in total. The molecule has 0 unspecified atom stereocenters. The Labute approximate surface area is 142 Å². The van der Waals surface area contributed by atoms with Crippen molar-refractivity contribution >= 4 is 22.6 Å². The first kappa shape index (κ1) is 16.5. The van der Waals surface area contributed by atoms with Gasteiger partial charge in [-0.2, -0.15) is 5.10 Å². The normalized spacial score (nSPS) is 11.0. The van der Waals surface area contributed by atoms with Crippen molar-refractivity contribution in [2.45, 2.75) is 58.4 Å².